The molecule has 2 aromatic rings. The number of fused-ring (bicyclic) bond motifs is 1. The van der Waals surface area contributed by atoms with Gasteiger partial charge in [-0.3, -0.25) is 0 Å². The fraction of sp³-hybridized carbons (Fsp3) is 0.300. The molecule has 1 aromatic heterocycles. The largest absolute Gasteiger partial charge is 0.386 e. The van der Waals surface area contributed by atoms with Crippen molar-refractivity contribution in [2.24, 2.45) is 0 Å². The van der Waals surface area contributed by atoms with Crippen LogP contribution in [-0.2, 0) is 4.74 Å². The van der Waals surface area contributed by atoms with E-state index >= 15 is 0 Å². The molecular weight excluding hydrogens is 196 g/mol. The van der Waals surface area contributed by atoms with Crippen molar-refractivity contribution < 1.29 is 9.84 Å². The molecular formula is C10H12N2O3. The molecule has 0 amide bonds. The molecule has 15 heavy (non-hydrogen) atoms. The van der Waals surface area contributed by atoms with Crippen LogP contribution < -0.4 is 5.69 Å². The third-order valence-corrected chi connectivity index (χ3v) is 2.25. The van der Waals surface area contributed by atoms with Gasteiger partial charge in [-0.2, -0.15) is 0 Å². The zero-order chi connectivity index (χ0) is 10.8. The van der Waals surface area contributed by atoms with E-state index in [9.17, 15) is 9.90 Å². The van der Waals surface area contributed by atoms with E-state index in [1.807, 2.05) is 0 Å². The van der Waals surface area contributed by atoms with E-state index in [-0.39, 0.29) is 12.3 Å². The molecule has 0 saturated carbocycles. The van der Waals surface area contributed by atoms with E-state index < -0.39 is 6.10 Å². The Labute approximate surface area is 85.7 Å². The third kappa shape index (κ3) is 1.93. The van der Waals surface area contributed by atoms with Crippen LogP contribution in [0.3, 0.4) is 0 Å². The lowest BCUT2D eigenvalue weighted by atomic mass is 10.1. The number of aromatic nitrogens is 2. The average molecular weight is 208 g/mol. The summed E-state index contributed by atoms with van der Waals surface area (Å²) in [5.74, 6) is 0. The Bertz CT molecular complexity index is 515. The Balaban J connectivity index is 2.41. The van der Waals surface area contributed by atoms with Crippen LogP contribution in [0.25, 0.3) is 11.0 Å². The second-order valence-electron chi connectivity index (χ2n) is 3.36. The maximum absolute atomic E-state index is 11.0. The minimum absolute atomic E-state index is 0.236. The second-order valence-corrected chi connectivity index (χ2v) is 3.36. The summed E-state index contributed by atoms with van der Waals surface area (Å²) in [6.07, 6.45) is -0.669. The highest BCUT2D eigenvalue weighted by Crippen LogP contribution is 2.17. The molecule has 80 valence electrons. The van der Waals surface area contributed by atoms with Gasteiger partial charge >= 0.3 is 5.69 Å². The van der Waals surface area contributed by atoms with Gasteiger partial charge in [0.1, 0.15) is 6.10 Å². The SMILES string of the molecule is COCC(O)c1ccc2[nH]c(=O)[nH]c2c1. The van der Waals surface area contributed by atoms with Crippen LogP contribution >= 0.6 is 0 Å². The van der Waals surface area contributed by atoms with Gasteiger partial charge in [-0.1, -0.05) is 6.07 Å². The van der Waals surface area contributed by atoms with Gasteiger partial charge in [-0.25, -0.2) is 4.79 Å². The molecule has 0 bridgehead atoms. The van der Waals surface area contributed by atoms with Crippen LogP contribution in [0.2, 0.25) is 0 Å². The topological polar surface area (TPSA) is 78.1 Å². The lowest BCUT2D eigenvalue weighted by Crippen LogP contribution is -2.04. The Hall–Kier alpha value is -1.59. The minimum Gasteiger partial charge on any atom is -0.386 e. The van der Waals surface area contributed by atoms with Crippen molar-refractivity contribution in [3.8, 4) is 0 Å². The summed E-state index contributed by atoms with van der Waals surface area (Å²) < 4.78 is 4.85. The number of methoxy groups -OCH3 is 1. The van der Waals surface area contributed by atoms with E-state index in [1.54, 1.807) is 18.2 Å². The summed E-state index contributed by atoms with van der Waals surface area (Å²) in [5.41, 5.74) is 1.89. The van der Waals surface area contributed by atoms with Crippen LogP contribution in [0.1, 0.15) is 11.7 Å². The maximum atomic E-state index is 11.0. The predicted molar refractivity (Wildman–Crippen MR) is 55.8 cm³/mol. The lowest BCUT2D eigenvalue weighted by molar-refractivity contribution is 0.0645. The molecule has 5 nitrogen and oxygen atoms in total. The van der Waals surface area contributed by atoms with Crippen LogP contribution in [-0.4, -0.2) is 28.8 Å². The maximum Gasteiger partial charge on any atom is 0.323 e. The van der Waals surface area contributed by atoms with E-state index in [2.05, 4.69) is 9.97 Å². The number of hydrogen-bond donors (Lipinski definition) is 3. The summed E-state index contributed by atoms with van der Waals surface area (Å²) in [5, 5.41) is 9.66. The number of benzene rings is 1. The fourth-order valence-electron chi connectivity index (χ4n) is 1.51. The van der Waals surface area contributed by atoms with Gasteiger partial charge < -0.3 is 19.8 Å². The molecule has 0 aliphatic rings. The molecule has 5 heteroatoms. The van der Waals surface area contributed by atoms with E-state index in [0.717, 1.165) is 11.1 Å². The Morgan fingerprint density at radius 2 is 2.13 bits per heavy atom. The molecule has 3 N–H and O–H groups in total. The van der Waals surface area contributed by atoms with Crippen molar-refractivity contribution in [2.45, 2.75) is 6.10 Å². The zero-order valence-electron chi connectivity index (χ0n) is 8.28. The van der Waals surface area contributed by atoms with Gasteiger partial charge in [0, 0.05) is 7.11 Å². The smallest absolute Gasteiger partial charge is 0.323 e. The van der Waals surface area contributed by atoms with Crippen molar-refractivity contribution >= 4 is 11.0 Å². The standard InChI is InChI=1S/C10H12N2O3/c1-15-5-9(13)6-2-3-7-8(4-6)12-10(14)11-7/h2-4,9,13H,5H2,1H3,(H2,11,12,14). The molecule has 0 radical (unpaired) electrons. The summed E-state index contributed by atoms with van der Waals surface area (Å²) in [4.78, 5) is 16.3. The van der Waals surface area contributed by atoms with E-state index in [0.29, 0.717) is 5.52 Å². The monoisotopic (exact) mass is 208 g/mol. The van der Waals surface area contributed by atoms with Gasteiger partial charge in [-0.05, 0) is 17.7 Å². The lowest BCUT2D eigenvalue weighted by Gasteiger charge is -2.09. The number of imidazole rings is 1. The van der Waals surface area contributed by atoms with E-state index in [4.69, 9.17) is 4.74 Å². The first-order valence-corrected chi connectivity index (χ1v) is 4.59. The fourth-order valence-corrected chi connectivity index (χ4v) is 1.51. The number of H-pyrrole nitrogens is 2. The zero-order valence-corrected chi connectivity index (χ0v) is 8.28. The molecule has 0 fully saturated rings. The molecule has 0 aliphatic carbocycles. The van der Waals surface area contributed by atoms with Gasteiger partial charge in [0.25, 0.3) is 0 Å². The number of rotatable bonds is 3. The normalized spacial score (nSPS) is 13.2. The molecule has 0 aliphatic heterocycles. The summed E-state index contributed by atoms with van der Waals surface area (Å²) in [7, 11) is 1.53. The summed E-state index contributed by atoms with van der Waals surface area (Å²) >= 11 is 0. The first-order chi connectivity index (χ1) is 7.20. The third-order valence-electron chi connectivity index (χ3n) is 2.25. The Morgan fingerprint density at radius 3 is 2.87 bits per heavy atom. The van der Waals surface area contributed by atoms with Crippen LogP contribution in [0, 0.1) is 0 Å². The summed E-state index contributed by atoms with van der Waals surface area (Å²) in [6.45, 7) is 0.236. The highest BCUT2D eigenvalue weighted by Gasteiger charge is 2.08. The molecule has 0 saturated heterocycles. The van der Waals surface area contributed by atoms with Crippen LogP contribution in [0.5, 0.6) is 0 Å². The predicted octanol–water partition coefficient (Wildman–Crippen LogP) is 0.536. The van der Waals surface area contributed by atoms with Gasteiger partial charge in [0.15, 0.2) is 0 Å². The molecule has 1 heterocycles. The molecule has 1 atom stereocenters. The number of aliphatic hydroxyl groups is 1. The van der Waals surface area contributed by atoms with Gasteiger partial charge in [0.05, 0.1) is 17.6 Å². The number of nitrogens with one attached hydrogen (secondary N) is 2. The van der Waals surface area contributed by atoms with Gasteiger partial charge in [-0.15, -0.1) is 0 Å². The highest BCUT2D eigenvalue weighted by atomic mass is 16.5. The van der Waals surface area contributed by atoms with Crippen LogP contribution in [0.15, 0.2) is 23.0 Å². The molecule has 1 unspecified atom stereocenters. The molecule has 1 aromatic carbocycles. The van der Waals surface area contributed by atoms with Crippen LogP contribution in [0.4, 0.5) is 0 Å². The number of hydrogen-bond acceptors (Lipinski definition) is 3. The van der Waals surface area contributed by atoms with Gasteiger partial charge in [0.2, 0.25) is 0 Å². The summed E-state index contributed by atoms with van der Waals surface area (Å²) in [6, 6.07) is 5.24. The minimum atomic E-state index is -0.669. The van der Waals surface area contributed by atoms with Crippen molar-refractivity contribution in [2.75, 3.05) is 13.7 Å². The first kappa shape index (κ1) is 9.95. The number of aliphatic hydroxyl groups excluding tert-OH is 1. The second kappa shape index (κ2) is 3.88. The van der Waals surface area contributed by atoms with Crippen molar-refractivity contribution in [1.29, 1.82) is 0 Å². The van der Waals surface area contributed by atoms with Crippen molar-refractivity contribution in [3.63, 3.8) is 0 Å². The molecule has 2 rings (SSSR count). The van der Waals surface area contributed by atoms with Crippen molar-refractivity contribution in [1.82, 2.24) is 9.97 Å². The van der Waals surface area contributed by atoms with E-state index in [1.165, 1.54) is 7.11 Å². The van der Waals surface area contributed by atoms with Crippen molar-refractivity contribution in [3.05, 3.63) is 34.2 Å². The quantitative estimate of drug-likeness (QED) is 0.688. The first-order valence-electron chi connectivity index (χ1n) is 4.59. The Morgan fingerprint density at radius 1 is 1.40 bits per heavy atom. The Kier molecular flexibility index (Phi) is 2.57. The number of ether oxygens (including phenoxy) is 1. The average Bonchev–Trinajstić information content (AvgIpc) is 2.57. The molecule has 0 spiro atoms. The number of aromatic amines is 2. The highest BCUT2D eigenvalue weighted by molar-refractivity contribution is 5.75.